The molecule has 1 saturated carbocycles. The third-order valence-corrected chi connectivity index (χ3v) is 4.57. The number of hydrogen-bond donors (Lipinski definition) is 0. The number of esters is 2. The molecule has 22 heavy (non-hydrogen) atoms. The van der Waals surface area contributed by atoms with Crippen molar-refractivity contribution in [3.8, 4) is 0 Å². The lowest BCUT2D eigenvalue weighted by Crippen LogP contribution is -2.41. The van der Waals surface area contributed by atoms with E-state index in [1.54, 1.807) is 7.11 Å². The van der Waals surface area contributed by atoms with Gasteiger partial charge in [0, 0.05) is 13.0 Å². The van der Waals surface area contributed by atoms with Gasteiger partial charge >= 0.3 is 11.9 Å². The summed E-state index contributed by atoms with van der Waals surface area (Å²) in [6.45, 7) is 8.08. The van der Waals surface area contributed by atoms with Gasteiger partial charge in [0.2, 0.25) is 0 Å². The second-order valence-corrected chi connectivity index (χ2v) is 6.79. The Hall–Kier alpha value is -1.36. The van der Waals surface area contributed by atoms with E-state index >= 15 is 0 Å². The molecule has 1 atom stereocenters. The van der Waals surface area contributed by atoms with Crippen LogP contribution in [0.25, 0.3) is 0 Å². The van der Waals surface area contributed by atoms with Gasteiger partial charge < -0.3 is 14.2 Å². The number of carbonyl (C=O) groups excluding carboxylic acids is 2. The molecule has 0 amide bonds. The summed E-state index contributed by atoms with van der Waals surface area (Å²) < 4.78 is 15.4. The van der Waals surface area contributed by atoms with Crippen molar-refractivity contribution in [2.24, 2.45) is 17.3 Å². The summed E-state index contributed by atoms with van der Waals surface area (Å²) in [5.74, 6) is -0.804. The Balaban J connectivity index is 3.36. The van der Waals surface area contributed by atoms with Crippen molar-refractivity contribution < 1.29 is 23.8 Å². The van der Waals surface area contributed by atoms with Gasteiger partial charge in [-0.05, 0) is 32.6 Å². The third-order valence-electron chi connectivity index (χ3n) is 4.57. The molecular formula is C17H28O5. The van der Waals surface area contributed by atoms with E-state index in [1.807, 2.05) is 13.8 Å². The van der Waals surface area contributed by atoms with Crippen LogP contribution >= 0.6 is 0 Å². The summed E-state index contributed by atoms with van der Waals surface area (Å²) in [6.07, 6.45) is 2.77. The van der Waals surface area contributed by atoms with Crippen molar-refractivity contribution in [2.45, 2.75) is 46.1 Å². The SMILES string of the molecule is COC(=O)C1(C(=O)OC)C/C(=C\C(C)C)[C@@H](C(C)(C)OC)C1. The molecule has 0 bridgehead atoms. The molecule has 1 rings (SSSR count). The molecule has 126 valence electrons. The van der Waals surface area contributed by atoms with Crippen molar-refractivity contribution in [1.29, 1.82) is 0 Å². The van der Waals surface area contributed by atoms with E-state index in [0.717, 1.165) is 5.57 Å². The second-order valence-electron chi connectivity index (χ2n) is 6.79. The van der Waals surface area contributed by atoms with Gasteiger partial charge in [0.05, 0.1) is 19.8 Å². The lowest BCUT2D eigenvalue weighted by molar-refractivity contribution is -0.169. The van der Waals surface area contributed by atoms with Crippen LogP contribution in [0.3, 0.4) is 0 Å². The summed E-state index contributed by atoms with van der Waals surface area (Å²) in [5, 5.41) is 0. The standard InChI is InChI=1S/C17H28O5/c1-11(2)8-12-9-17(14(18)20-5,15(19)21-6)10-13(12)16(3,4)22-7/h8,11,13H,9-10H2,1-7H3/b12-8+/t13-/m0/s1. The first-order valence-electron chi connectivity index (χ1n) is 7.57. The monoisotopic (exact) mass is 312 g/mol. The van der Waals surface area contributed by atoms with Crippen LogP contribution in [0.15, 0.2) is 11.6 Å². The second kappa shape index (κ2) is 6.82. The minimum Gasteiger partial charge on any atom is -0.468 e. The quantitative estimate of drug-likeness (QED) is 0.444. The largest absolute Gasteiger partial charge is 0.468 e. The fraction of sp³-hybridized carbons (Fsp3) is 0.765. The Morgan fingerprint density at radius 2 is 1.68 bits per heavy atom. The number of allylic oxidation sites excluding steroid dienone is 1. The van der Waals surface area contributed by atoms with Gasteiger partial charge in [0.25, 0.3) is 0 Å². The molecule has 0 unspecified atom stereocenters. The lowest BCUT2D eigenvalue weighted by Gasteiger charge is -2.32. The Labute approximate surface area is 133 Å². The zero-order valence-electron chi connectivity index (χ0n) is 14.7. The summed E-state index contributed by atoms with van der Waals surface area (Å²) in [4.78, 5) is 24.7. The van der Waals surface area contributed by atoms with E-state index in [1.165, 1.54) is 14.2 Å². The van der Waals surface area contributed by atoms with Gasteiger partial charge in [0.1, 0.15) is 0 Å². The molecule has 0 heterocycles. The van der Waals surface area contributed by atoms with Gasteiger partial charge in [-0.25, -0.2) is 0 Å². The average molecular weight is 312 g/mol. The maximum absolute atomic E-state index is 12.3. The van der Waals surface area contributed by atoms with Crippen molar-refractivity contribution in [3.05, 3.63) is 11.6 Å². The highest BCUT2D eigenvalue weighted by molar-refractivity contribution is 6.01. The molecule has 0 aromatic heterocycles. The zero-order chi connectivity index (χ0) is 17.1. The van der Waals surface area contributed by atoms with Crippen LogP contribution in [-0.2, 0) is 23.8 Å². The Kier molecular flexibility index (Phi) is 5.79. The average Bonchev–Trinajstić information content (AvgIpc) is 2.86. The summed E-state index contributed by atoms with van der Waals surface area (Å²) in [6, 6.07) is 0. The summed E-state index contributed by atoms with van der Waals surface area (Å²) in [7, 11) is 4.24. The molecule has 5 heteroatoms. The number of methoxy groups -OCH3 is 3. The highest BCUT2D eigenvalue weighted by Gasteiger charge is 2.58. The van der Waals surface area contributed by atoms with Crippen LogP contribution in [0.2, 0.25) is 0 Å². The molecule has 0 N–H and O–H groups in total. The van der Waals surface area contributed by atoms with Crippen molar-refractivity contribution in [3.63, 3.8) is 0 Å². The molecule has 1 fully saturated rings. The molecule has 0 spiro atoms. The van der Waals surface area contributed by atoms with E-state index in [9.17, 15) is 9.59 Å². The molecule has 0 radical (unpaired) electrons. The lowest BCUT2D eigenvalue weighted by atomic mass is 9.81. The van der Waals surface area contributed by atoms with Crippen LogP contribution in [-0.4, -0.2) is 38.9 Å². The minimum absolute atomic E-state index is 0.0434. The Bertz CT molecular complexity index is 446. The minimum atomic E-state index is -1.27. The molecule has 5 nitrogen and oxygen atoms in total. The third kappa shape index (κ3) is 3.35. The van der Waals surface area contributed by atoms with Gasteiger partial charge in [-0.1, -0.05) is 25.5 Å². The Morgan fingerprint density at radius 1 is 1.18 bits per heavy atom. The Morgan fingerprint density at radius 3 is 2.05 bits per heavy atom. The molecule has 0 aliphatic heterocycles. The van der Waals surface area contributed by atoms with E-state index < -0.39 is 23.0 Å². The summed E-state index contributed by atoms with van der Waals surface area (Å²) >= 11 is 0. The van der Waals surface area contributed by atoms with E-state index in [-0.39, 0.29) is 5.92 Å². The van der Waals surface area contributed by atoms with E-state index in [2.05, 4.69) is 19.9 Å². The normalized spacial score (nSPS) is 22.9. The van der Waals surface area contributed by atoms with Crippen LogP contribution in [0.5, 0.6) is 0 Å². The molecule has 0 aromatic rings. The van der Waals surface area contributed by atoms with E-state index in [0.29, 0.717) is 18.8 Å². The van der Waals surface area contributed by atoms with Gasteiger partial charge in [-0.2, -0.15) is 0 Å². The van der Waals surface area contributed by atoms with E-state index in [4.69, 9.17) is 14.2 Å². The molecular weight excluding hydrogens is 284 g/mol. The predicted molar refractivity (Wildman–Crippen MR) is 83.2 cm³/mol. The van der Waals surface area contributed by atoms with Crippen LogP contribution in [0.4, 0.5) is 0 Å². The fourth-order valence-corrected chi connectivity index (χ4v) is 3.25. The van der Waals surface area contributed by atoms with Gasteiger partial charge in [-0.3, -0.25) is 9.59 Å². The topological polar surface area (TPSA) is 61.8 Å². The highest BCUT2D eigenvalue weighted by atomic mass is 16.5. The maximum Gasteiger partial charge on any atom is 0.323 e. The number of rotatable bonds is 5. The first-order valence-corrected chi connectivity index (χ1v) is 7.57. The number of ether oxygens (including phenoxy) is 3. The maximum atomic E-state index is 12.3. The van der Waals surface area contributed by atoms with Crippen LogP contribution < -0.4 is 0 Å². The number of carbonyl (C=O) groups is 2. The van der Waals surface area contributed by atoms with Crippen molar-refractivity contribution in [1.82, 2.24) is 0 Å². The first-order chi connectivity index (χ1) is 10.1. The van der Waals surface area contributed by atoms with Gasteiger partial charge in [-0.15, -0.1) is 0 Å². The zero-order valence-corrected chi connectivity index (χ0v) is 14.7. The fourth-order valence-electron chi connectivity index (χ4n) is 3.25. The first kappa shape index (κ1) is 18.7. The van der Waals surface area contributed by atoms with Gasteiger partial charge in [0.15, 0.2) is 5.41 Å². The predicted octanol–water partition coefficient (Wildman–Crippen LogP) is 2.74. The van der Waals surface area contributed by atoms with Crippen molar-refractivity contribution in [2.75, 3.05) is 21.3 Å². The number of hydrogen-bond acceptors (Lipinski definition) is 5. The van der Waals surface area contributed by atoms with Crippen molar-refractivity contribution >= 4 is 11.9 Å². The summed E-state index contributed by atoms with van der Waals surface area (Å²) in [5.41, 5.74) is -0.701. The molecule has 0 aromatic carbocycles. The molecule has 1 aliphatic carbocycles. The molecule has 1 aliphatic rings. The van der Waals surface area contributed by atoms with Crippen LogP contribution in [0, 0.1) is 17.3 Å². The van der Waals surface area contributed by atoms with Crippen LogP contribution in [0.1, 0.15) is 40.5 Å². The highest BCUT2D eigenvalue weighted by Crippen LogP contribution is 2.51. The smallest absolute Gasteiger partial charge is 0.323 e. The molecule has 0 saturated heterocycles.